The van der Waals surface area contributed by atoms with Crippen LogP contribution in [0.4, 0.5) is 5.82 Å². The lowest BCUT2D eigenvalue weighted by Gasteiger charge is -2.35. The van der Waals surface area contributed by atoms with Crippen molar-refractivity contribution in [2.45, 2.75) is 65.1 Å². The molecule has 0 aliphatic carbocycles. The molecule has 0 saturated carbocycles. The number of nitrogens with one attached hydrogen (secondary N) is 2. The quantitative estimate of drug-likeness (QED) is 0.594. The van der Waals surface area contributed by atoms with Crippen molar-refractivity contribution >= 4 is 11.8 Å². The van der Waals surface area contributed by atoms with Gasteiger partial charge in [-0.1, -0.05) is 6.07 Å². The van der Waals surface area contributed by atoms with E-state index in [1.807, 2.05) is 6.20 Å². The second-order valence-electron chi connectivity index (χ2n) is 7.96. The van der Waals surface area contributed by atoms with Gasteiger partial charge < -0.3 is 20.4 Å². The zero-order valence-corrected chi connectivity index (χ0v) is 17.2. The van der Waals surface area contributed by atoms with E-state index in [-0.39, 0.29) is 0 Å². The van der Waals surface area contributed by atoms with E-state index in [0.29, 0.717) is 18.6 Å². The standard InChI is InChI=1S/C21H36N6/c1-4-22-21(25-19-9-13-26(14-10-19)17(2)3)24-16-18-7-8-20(23-15-18)27-11-5-6-12-27/h7-8,15,17,19H,4-6,9-14,16H2,1-3H3,(H2,22,24,25). The van der Waals surface area contributed by atoms with E-state index in [1.165, 1.54) is 25.7 Å². The molecule has 2 aliphatic rings. The fourth-order valence-electron chi connectivity index (χ4n) is 3.89. The molecular formula is C21H36N6. The van der Waals surface area contributed by atoms with Gasteiger partial charge in [0.25, 0.3) is 0 Å². The molecule has 0 atom stereocenters. The predicted octanol–water partition coefficient (Wildman–Crippen LogP) is 2.61. The SMILES string of the molecule is CCNC(=NCc1ccc(N2CCCC2)nc1)NC1CCN(C(C)C)CC1. The first-order valence-corrected chi connectivity index (χ1v) is 10.6. The number of hydrogen-bond acceptors (Lipinski definition) is 4. The van der Waals surface area contributed by atoms with Gasteiger partial charge in [0.2, 0.25) is 0 Å². The number of hydrogen-bond donors (Lipinski definition) is 2. The van der Waals surface area contributed by atoms with E-state index < -0.39 is 0 Å². The highest BCUT2D eigenvalue weighted by Crippen LogP contribution is 2.18. The van der Waals surface area contributed by atoms with E-state index >= 15 is 0 Å². The molecule has 0 amide bonds. The Balaban J connectivity index is 1.52. The fraction of sp³-hybridized carbons (Fsp3) is 0.714. The number of piperidine rings is 1. The third kappa shape index (κ3) is 5.83. The van der Waals surface area contributed by atoms with Crippen LogP contribution in [0.15, 0.2) is 23.3 Å². The number of pyridine rings is 1. The fourth-order valence-corrected chi connectivity index (χ4v) is 3.89. The van der Waals surface area contributed by atoms with E-state index in [4.69, 9.17) is 4.99 Å². The first-order chi connectivity index (χ1) is 13.2. The maximum atomic E-state index is 4.79. The summed E-state index contributed by atoms with van der Waals surface area (Å²) in [7, 11) is 0. The third-order valence-electron chi connectivity index (χ3n) is 5.60. The van der Waals surface area contributed by atoms with Gasteiger partial charge in [-0.25, -0.2) is 9.98 Å². The van der Waals surface area contributed by atoms with Gasteiger partial charge in [0.1, 0.15) is 5.82 Å². The van der Waals surface area contributed by atoms with Gasteiger partial charge >= 0.3 is 0 Å². The molecule has 6 heteroatoms. The van der Waals surface area contributed by atoms with Crippen LogP contribution < -0.4 is 15.5 Å². The summed E-state index contributed by atoms with van der Waals surface area (Å²) in [6.07, 6.45) is 6.88. The molecule has 27 heavy (non-hydrogen) atoms. The number of rotatable bonds is 6. The maximum absolute atomic E-state index is 4.79. The van der Waals surface area contributed by atoms with Crippen molar-refractivity contribution in [2.75, 3.05) is 37.6 Å². The molecule has 2 fully saturated rings. The summed E-state index contributed by atoms with van der Waals surface area (Å²) in [6.45, 7) is 12.8. The largest absolute Gasteiger partial charge is 0.357 e. The lowest BCUT2D eigenvalue weighted by molar-refractivity contribution is 0.167. The van der Waals surface area contributed by atoms with Gasteiger partial charge in [-0.05, 0) is 58.1 Å². The van der Waals surface area contributed by atoms with Crippen LogP contribution in [-0.2, 0) is 6.54 Å². The first kappa shape index (κ1) is 19.9. The van der Waals surface area contributed by atoms with E-state index in [9.17, 15) is 0 Å². The molecule has 0 unspecified atom stereocenters. The summed E-state index contributed by atoms with van der Waals surface area (Å²) in [5.41, 5.74) is 1.16. The van der Waals surface area contributed by atoms with Crippen LogP contribution in [0.25, 0.3) is 0 Å². The van der Waals surface area contributed by atoms with Crippen LogP contribution in [0.5, 0.6) is 0 Å². The van der Waals surface area contributed by atoms with Gasteiger partial charge in [-0.15, -0.1) is 0 Å². The zero-order chi connectivity index (χ0) is 19.1. The maximum Gasteiger partial charge on any atom is 0.191 e. The zero-order valence-electron chi connectivity index (χ0n) is 17.2. The molecule has 2 aliphatic heterocycles. The highest BCUT2D eigenvalue weighted by molar-refractivity contribution is 5.80. The molecule has 6 nitrogen and oxygen atoms in total. The van der Waals surface area contributed by atoms with Gasteiger partial charge in [0.15, 0.2) is 5.96 Å². The van der Waals surface area contributed by atoms with Crippen molar-refractivity contribution in [3.63, 3.8) is 0 Å². The van der Waals surface area contributed by atoms with Crippen LogP contribution in [-0.4, -0.2) is 60.7 Å². The molecule has 2 N–H and O–H groups in total. The Bertz CT molecular complexity index is 583. The Kier molecular flexibility index (Phi) is 7.33. The second-order valence-corrected chi connectivity index (χ2v) is 7.96. The summed E-state index contributed by atoms with van der Waals surface area (Å²) in [4.78, 5) is 14.3. The summed E-state index contributed by atoms with van der Waals surface area (Å²) < 4.78 is 0. The minimum absolute atomic E-state index is 0.508. The van der Waals surface area contributed by atoms with Crippen LogP contribution >= 0.6 is 0 Å². The number of aromatic nitrogens is 1. The molecule has 3 rings (SSSR count). The highest BCUT2D eigenvalue weighted by Gasteiger charge is 2.21. The summed E-state index contributed by atoms with van der Waals surface area (Å²) in [6, 6.07) is 5.45. The normalized spacial score (nSPS) is 19.7. The summed E-state index contributed by atoms with van der Waals surface area (Å²) >= 11 is 0. The lowest BCUT2D eigenvalue weighted by atomic mass is 10.0. The molecule has 1 aromatic heterocycles. The number of guanidine groups is 1. The van der Waals surface area contributed by atoms with Crippen molar-refractivity contribution in [1.29, 1.82) is 0 Å². The second kappa shape index (κ2) is 9.93. The van der Waals surface area contributed by atoms with Crippen molar-refractivity contribution < 1.29 is 0 Å². The van der Waals surface area contributed by atoms with Gasteiger partial charge in [-0.2, -0.15) is 0 Å². The molecular weight excluding hydrogens is 336 g/mol. The van der Waals surface area contributed by atoms with Crippen LogP contribution in [0.3, 0.4) is 0 Å². The molecule has 0 aromatic carbocycles. The third-order valence-corrected chi connectivity index (χ3v) is 5.60. The Labute approximate surface area is 164 Å². The number of nitrogens with zero attached hydrogens (tertiary/aromatic N) is 4. The molecule has 1 aromatic rings. The Morgan fingerprint density at radius 1 is 1.19 bits per heavy atom. The average Bonchev–Trinajstić information content (AvgIpc) is 3.22. The minimum Gasteiger partial charge on any atom is -0.357 e. The molecule has 3 heterocycles. The highest BCUT2D eigenvalue weighted by atomic mass is 15.2. The van der Waals surface area contributed by atoms with Crippen molar-refractivity contribution in [3.05, 3.63) is 23.9 Å². The Hall–Kier alpha value is -1.82. The predicted molar refractivity (Wildman–Crippen MR) is 113 cm³/mol. The summed E-state index contributed by atoms with van der Waals surface area (Å²) in [5, 5.41) is 7.01. The Morgan fingerprint density at radius 3 is 2.52 bits per heavy atom. The molecule has 2 saturated heterocycles. The van der Waals surface area contributed by atoms with Crippen LogP contribution in [0, 0.1) is 0 Å². The van der Waals surface area contributed by atoms with Gasteiger partial charge in [0, 0.05) is 51.0 Å². The number of likely N-dealkylation sites (tertiary alicyclic amines) is 1. The van der Waals surface area contributed by atoms with Crippen molar-refractivity contribution in [3.8, 4) is 0 Å². The summed E-state index contributed by atoms with van der Waals surface area (Å²) in [5.74, 6) is 2.02. The molecule has 150 valence electrons. The monoisotopic (exact) mass is 372 g/mol. The number of anilines is 1. The molecule has 0 radical (unpaired) electrons. The topological polar surface area (TPSA) is 55.8 Å². The lowest BCUT2D eigenvalue weighted by Crippen LogP contribution is -2.49. The first-order valence-electron chi connectivity index (χ1n) is 10.6. The van der Waals surface area contributed by atoms with Crippen molar-refractivity contribution in [1.82, 2.24) is 20.5 Å². The van der Waals surface area contributed by atoms with Crippen molar-refractivity contribution in [2.24, 2.45) is 4.99 Å². The number of aliphatic imine (C=N–C) groups is 1. The smallest absolute Gasteiger partial charge is 0.191 e. The van der Waals surface area contributed by atoms with Crippen LogP contribution in [0.1, 0.15) is 52.0 Å². The minimum atomic E-state index is 0.508. The Morgan fingerprint density at radius 2 is 1.93 bits per heavy atom. The van der Waals surface area contributed by atoms with Gasteiger partial charge in [-0.3, -0.25) is 0 Å². The van der Waals surface area contributed by atoms with Gasteiger partial charge in [0.05, 0.1) is 6.54 Å². The van der Waals surface area contributed by atoms with E-state index in [1.54, 1.807) is 0 Å². The van der Waals surface area contributed by atoms with E-state index in [2.05, 4.69) is 58.3 Å². The van der Waals surface area contributed by atoms with E-state index in [0.717, 1.165) is 50.1 Å². The molecule has 0 spiro atoms. The average molecular weight is 373 g/mol. The molecule has 0 bridgehead atoms. The van der Waals surface area contributed by atoms with Crippen LogP contribution in [0.2, 0.25) is 0 Å².